The van der Waals surface area contributed by atoms with Crippen LogP contribution in [-0.2, 0) is 12.8 Å². The Hall–Kier alpha value is -1.80. The molecule has 8 heteroatoms. The molecule has 0 aliphatic heterocycles. The minimum absolute atomic E-state index is 0.128. The molecule has 2 rings (SSSR count). The molecular formula is C14H20N4O2S2. The van der Waals surface area contributed by atoms with Gasteiger partial charge in [-0.15, -0.1) is 0 Å². The van der Waals surface area contributed by atoms with E-state index in [9.17, 15) is 9.59 Å². The van der Waals surface area contributed by atoms with Gasteiger partial charge in [0.15, 0.2) is 9.54 Å². The highest BCUT2D eigenvalue weighted by molar-refractivity contribution is 7.71. The van der Waals surface area contributed by atoms with E-state index in [2.05, 4.69) is 33.8 Å². The third-order valence-corrected chi connectivity index (χ3v) is 3.08. The second-order valence-electron chi connectivity index (χ2n) is 4.73. The van der Waals surface area contributed by atoms with Crippen LogP contribution in [0.3, 0.4) is 0 Å². The first-order chi connectivity index (χ1) is 10.4. The van der Waals surface area contributed by atoms with Crippen molar-refractivity contribution in [2.24, 2.45) is 0 Å². The van der Waals surface area contributed by atoms with Crippen molar-refractivity contribution in [1.29, 1.82) is 0 Å². The summed E-state index contributed by atoms with van der Waals surface area (Å²) in [5.41, 5.74) is 1.55. The molecule has 0 saturated heterocycles. The van der Waals surface area contributed by atoms with Crippen molar-refractivity contribution in [3.8, 4) is 0 Å². The fourth-order valence-electron chi connectivity index (χ4n) is 1.85. The summed E-state index contributed by atoms with van der Waals surface area (Å²) in [7, 11) is 0. The molecular weight excluding hydrogens is 320 g/mol. The molecule has 0 aliphatic carbocycles. The average Bonchev–Trinajstić information content (AvgIpc) is 2.37. The van der Waals surface area contributed by atoms with Gasteiger partial charge in [0.2, 0.25) is 0 Å². The normalized spacial score (nSPS) is 9.91. The third kappa shape index (κ3) is 6.77. The van der Waals surface area contributed by atoms with E-state index in [1.807, 2.05) is 0 Å². The summed E-state index contributed by atoms with van der Waals surface area (Å²) in [6, 6.07) is 3.08. The highest BCUT2D eigenvalue weighted by atomic mass is 32.1. The van der Waals surface area contributed by atoms with Crippen LogP contribution in [-0.4, -0.2) is 19.9 Å². The van der Waals surface area contributed by atoms with Crippen LogP contribution < -0.4 is 11.1 Å². The number of rotatable bonds is 4. The van der Waals surface area contributed by atoms with E-state index in [1.54, 1.807) is 12.1 Å². The van der Waals surface area contributed by atoms with Gasteiger partial charge in [0.05, 0.1) is 0 Å². The summed E-state index contributed by atoms with van der Waals surface area (Å²) in [5, 5.41) is 0. The Labute approximate surface area is 138 Å². The molecule has 2 aromatic heterocycles. The molecule has 0 amide bonds. The molecule has 4 N–H and O–H groups in total. The molecule has 0 bridgehead atoms. The Morgan fingerprint density at radius 2 is 1.14 bits per heavy atom. The van der Waals surface area contributed by atoms with E-state index in [1.165, 1.54) is 0 Å². The number of nitrogens with one attached hydrogen (secondary N) is 4. The van der Waals surface area contributed by atoms with E-state index < -0.39 is 0 Å². The first-order valence-electron chi connectivity index (χ1n) is 7.09. The molecule has 120 valence electrons. The van der Waals surface area contributed by atoms with E-state index >= 15 is 0 Å². The second-order valence-corrected chi connectivity index (χ2v) is 5.54. The minimum atomic E-state index is -0.128. The Bertz CT molecular complexity index is 691. The summed E-state index contributed by atoms with van der Waals surface area (Å²) < 4.78 is 0.807. The molecule has 0 fully saturated rings. The number of aromatic amines is 4. The number of hydrogen-bond donors (Lipinski definition) is 4. The van der Waals surface area contributed by atoms with Gasteiger partial charge in [-0.2, -0.15) is 0 Å². The lowest BCUT2D eigenvalue weighted by Crippen LogP contribution is -2.08. The SMILES string of the molecule is CCCc1cc(=O)[nH]c(=S)[nH]1.CCCc1cc(=O)[nH]c(=S)[nH]1. The Morgan fingerprint density at radius 3 is 1.41 bits per heavy atom. The van der Waals surface area contributed by atoms with Crippen molar-refractivity contribution in [3.05, 3.63) is 53.8 Å². The summed E-state index contributed by atoms with van der Waals surface area (Å²) in [6.45, 7) is 4.11. The van der Waals surface area contributed by atoms with Gasteiger partial charge in [-0.3, -0.25) is 19.6 Å². The first-order valence-corrected chi connectivity index (χ1v) is 7.91. The van der Waals surface area contributed by atoms with E-state index in [4.69, 9.17) is 24.4 Å². The van der Waals surface area contributed by atoms with Crippen LogP contribution in [0.15, 0.2) is 21.7 Å². The smallest absolute Gasteiger partial charge is 0.251 e. The van der Waals surface area contributed by atoms with Gasteiger partial charge in [0.25, 0.3) is 11.1 Å². The van der Waals surface area contributed by atoms with Crippen molar-refractivity contribution >= 4 is 24.4 Å². The maximum absolute atomic E-state index is 10.8. The Kier molecular flexibility index (Phi) is 7.69. The lowest BCUT2D eigenvalue weighted by atomic mass is 10.2. The highest BCUT2D eigenvalue weighted by Gasteiger charge is 1.92. The zero-order valence-corrected chi connectivity index (χ0v) is 14.2. The molecule has 22 heavy (non-hydrogen) atoms. The minimum Gasteiger partial charge on any atom is -0.336 e. The standard InChI is InChI=1S/2C7H10N2OS/c2*1-2-3-5-4-6(10)9-7(11)8-5/h2*4H,2-3H2,1H3,(H2,8,9,10,11). The fourth-order valence-corrected chi connectivity index (χ4v) is 2.31. The van der Waals surface area contributed by atoms with Crippen LogP contribution >= 0.6 is 24.4 Å². The summed E-state index contributed by atoms with van der Waals surface area (Å²) in [4.78, 5) is 32.4. The lowest BCUT2D eigenvalue weighted by Gasteiger charge is -1.95. The average molecular weight is 340 g/mol. The second kappa shape index (κ2) is 9.26. The lowest BCUT2D eigenvalue weighted by molar-refractivity contribution is 0.860. The monoisotopic (exact) mass is 340 g/mol. The molecule has 2 aromatic rings. The maximum Gasteiger partial charge on any atom is 0.251 e. The molecule has 0 atom stereocenters. The maximum atomic E-state index is 10.8. The van der Waals surface area contributed by atoms with Crippen molar-refractivity contribution in [1.82, 2.24) is 19.9 Å². The Morgan fingerprint density at radius 1 is 0.773 bits per heavy atom. The van der Waals surface area contributed by atoms with Gasteiger partial charge in [0.1, 0.15) is 0 Å². The molecule has 0 aromatic carbocycles. The van der Waals surface area contributed by atoms with E-state index in [-0.39, 0.29) is 11.1 Å². The summed E-state index contributed by atoms with van der Waals surface area (Å²) >= 11 is 9.58. The van der Waals surface area contributed by atoms with Gasteiger partial charge in [-0.25, -0.2) is 0 Å². The van der Waals surface area contributed by atoms with E-state index in [0.29, 0.717) is 9.54 Å². The van der Waals surface area contributed by atoms with Crippen LogP contribution in [0.5, 0.6) is 0 Å². The van der Waals surface area contributed by atoms with Crippen LogP contribution in [0.2, 0.25) is 0 Å². The third-order valence-electron chi connectivity index (χ3n) is 2.67. The quantitative estimate of drug-likeness (QED) is 0.643. The number of aromatic nitrogens is 4. The molecule has 0 radical (unpaired) electrons. The van der Waals surface area contributed by atoms with Crippen molar-refractivity contribution in [2.45, 2.75) is 39.5 Å². The van der Waals surface area contributed by atoms with Crippen molar-refractivity contribution in [3.63, 3.8) is 0 Å². The van der Waals surface area contributed by atoms with Crippen LogP contribution in [0, 0.1) is 9.54 Å². The number of aryl methyl sites for hydroxylation is 2. The summed E-state index contributed by atoms with van der Waals surface area (Å²) in [6.07, 6.45) is 3.75. The van der Waals surface area contributed by atoms with Gasteiger partial charge >= 0.3 is 0 Å². The summed E-state index contributed by atoms with van der Waals surface area (Å²) in [5.74, 6) is 0. The first kappa shape index (κ1) is 18.2. The molecule has 2 heterocycles. The largest absolute Gasteiger partial charge is 0.336 e. The molecule has 0 spiro atoms. The van der Waals surface area contributed by atoms with Crippen molar-refractivity contribution in [2.75, 3.05) is 0 Å². The van der Waals surface area contributed by atoms with Gasteiger partial charge in [-0.05, 0) is 37.3 Å². The van der Waals surface area contributed by atoms with Crippen LogP contribution in [0.4, 0.5) is 0 Å². The predicted molar refractivity (Wildman–Crippen MR) is 92.5 cm³/mol. The number of H-pyrrole nitrogens is 4. The van der Waals surface area contributed by atoms with Crippen molar-refractivity contribution < 1.29 is 0 Å². The zero-order chi connectivity index (χ0) is 16.5. The fraction of sp³-hybridized carbons (Fsp3) is 0.429. The van der Waals surface area contributed by atoms with E-state index in [0.717, 1.165) is 37.1 Å². The Balaban J connectivity index is 0.000000220. The zero-order valence-electron chi connectivity index (χ0n) is 12.6. The number of hydrogen-bond acceptors (Lipinski definition) is 4. The van der Waals surface area contributed by atoms with Gasteiger partial charge in [0, 0.05) is 23.5 Å². The highest BCUT2D eigenvalue weighted by Crippen LogP contribution is 1.94. The molecule has 6 nitrogen and oxygen atoms in total. The van der Waals surface area contributed by atoms with Gasteiger partial charge in [-0.1, -0.05) is 26.7 Å². The predicted octanol–water partition coefficient (Wildman–Crippen LogP) is 2.77. The molecule has 0 aliphatic rings. The molecule has 0 saturated carbocycles. The van der Waals surface area contributed by atoms with Gasteiger partial charge < -0.3 is 9.97 Å². The topological polar surface area (TPSA) is 97.3 Å². The van der Waals surface area contributed by atoms with Crippen LogP contribution in [0.1, 0.15) is 38.1 Å². The van der Waals surface area contributed by atoms with Crippen LogP contribution in [0.25, 0.3) is 0 Å². The molecule has 0 unspecified atom stereocenters.